The lowest BCUT2D eigenvalue weighted by atomic mass is 9.81. The first-order valence-electron chi connectivity index (χ1n) is 7.27. The van der Waals surface area contributed by atoms with Gasteiger partial charge >= 0.3 is 0 Å². The van der Waals surface area contributed by atoms with Gasteiger partial charge in [-0.3, -0.25) is 0 Å². The predicted octanol–water partition coefficient (Wildman–Crippen LogP) is 3.07. The van der Waals surface area contributed by atoms with Crippen LogP contribution in [0.4, 0.5) is 11.8 Å². The third-order valence-electron chi connectivity index (χ3n) is 4.84. The van der Waals surface area contributed by atoms with Crippen LogP contribution in [0, 0.1) is 6.92 Å². The maximum Gasteiger partial charge on any atom is 0.239 e. The molecule has 2 unspecified atom stereocenters. The van der Waals surface area contributed by atoms with Crippen molar-refractivity contribution in [2.45, 2.75) is 37.6 Å². The van der Waals surface area contributed by atoms with E-state index >= 15 is 0 Å². The summed E-state index contributed by atoms with van der Waals surface area (Å²) in [5.74, 6) is 2.11. The zero-order valence-electron chi connectivity index (χ0n) is 12.1. The van der Waals surface area contributed by atoms with Crippen molar-refractivity contribution in [3.05, 3.63) is 27.1 Å². The van der Waals surface area contributed by atoms with E-state index in [-0.39, 0.29) is 5.41 Å². The molecule has 1 fully saturated rings. The minimum atomic E-state index is 0.0149. The highest BCUT2D eigenvalue weighted by Gasteiger charge is 2.48. The Morgan fingerprint density at radius 1 is 1.55 bits per heavy atom. The van der Waals surface area contributed by atoms with Crippen molar-refractivity contribution in [1.82, 2.24) is 19.7 Å². The van der Waals surface area contributed by atoms with E-state index in [1.807, 2.05) is 11.6 Å². The molecule has 6 nitrogen and oxygen atoms in total. The average molecular weight is 384 g/mol. The predicted molar refractivity (Wildman–Crippen MR) is 89.2 cm³/mol. The average Bonchev–Trinajstić information content (AvgIpc) is 3.14. The molecule has 0 saturated heterocycles. The Morgan fingerprint density at radius 2 is 2.36 bits per heavy atom. The van der Waals surface area contributed by atoms with Gasteiger partial charge in [-0.25, -0.2) is 9.67 Å². The molecule has 4 rings (SSSR count). The van der Waals surface area contributed by atoms with E-state index in [0.29, 0.717) is 12.0 Å². The Hall–Kier alpha value is -1.34. The molecule has 3 N–H and O–H groups in total. The summed E-state index contributed by atoms with van der Waals surface area (Å²) in [5, 5.41) is 8.52. The van der Waals surface area contributed by atoms with Gasteiger partial charge in [0.25, 0.3) is 0 Å². The van der Waals surface area contributed by atoms with Gasteiger partial charge in [-0.15, -0.1) is 5.10 Å². The summed E-state index contributed by atoms with van der Waals surface area (Å²) in [6.45, 7) is 2.81. The largest absolute Gasteiger partial charge is 0.369 e. The van der Waals surface area contributed by atoms with Crippen LogP contribution in [0.25, 0.3) is 0 Å². The molecule has 8 heteroatoms. The van der Waals surface area contributed by atoms with Crippen molar-refractivity contribution in [1.29, 1.82) is 0 Å². The van der Waals surface area contributed by atoms with Gasteiger partial charge in [0.1, 0.15) is 11.6 Å². The number of nitrogens with zero attached hydrogens (tertiary/aromatic N) is 4. The van der Waals surface area contributed by atoms with Crippen LogP contribution in [-0.2, 0) is 5.41 Å². The second kappa shape index (κ2) is 4.83. The molecule has 0 radical (unpaired) electrons. The zero-order valence-corrected chi connectivity index (χ0v) is 14.4. The molecule has 0 amide bonds. The quantitative estimate of drug-likeness (QED) is 0.791. The van der Waals surface area contributed by atoms with E-state index in [0.717, 1.165) is 52.5 Å². The van der Waals surface area contributed by atoms with Crippen LogP contribution in [0.15, 0.2) is 10.7 Å². The molecule has 2 aromatic rings. The van der Waals surface area contributed by atoms with Gasteiger partial charge in [-0.05, 0) is 42.1 Å². The topological polar surface area (TPSA) is 81.6 Å². The number of fused-ring (bicyclic) bond motifs is 2. The summed E-state index contributed by atoms with van der Waals surface area (Å²) in [4.78, 5) is 8.68. The number of aromatic nitrogens is 4. The summed E-state index contributed by atoms with van der Waals surface area (Å²) in [6.07, 6.45) is 4.80. The minimum Gasteiger partial charge on any atom is -0.369 e. The van der Waals surface area contributed by atoms with Crippen LogP contribution in [0.2, 0.25) is 5.02 Å². The lowest BCUT2D eigenvalue weighted by molar-refractivity contribution is 0.412. The van der Waals surface area contributed by atoms with Crippen LogP contribution in [0.1, 0.15) is 36.7 Å². The number of halogens is 2. The van der Waals surface area contributed by atoms with Gasteiger partial charge in [-0.2, -0.15) is 4.98 Å². The summed E-state index contributed by atoms with van der Waals surface area (Å²) in [7, 11) is 0. The fraction of sp³-hybridized carbons (Fsp3) is 0.500. The van der Waals surface area contributed by atoms with Crippen LogP contribution in [-0.4, -0.2) is 26.3 Å². The van der Waals surface area contributed by atoms with Crippen molar-refractivity contribution in [3.8, 4) is 0 Å². The van der Waals surface area contributed by atoms with Crippen molar-refractivity contribution in [2.75, 3.05) is 17.6 Å². The van der Waals surface area contributed by atoms with Crippen LogP contribution in [0.3, 0.4) is 0 Å². The number of nitrogen functional groups attached to an aromatic ring is 1. The number of aryl methyl sites for hydroxylation is 1. The standard InChI is InChI=1S/C14H16BrClN6/c1-7-20-13(17)21-22(7)8-2-3-14(4-8)6-19-12-10(14)11(16)9(15)5-18-12/h5,8H,2-4,6H2,1H3,(H2,17,21)(H,18,19). The lowest BCUT2D eigenvalue weighted by Crippen LogP contribution is -2.26. The summed E-state index contributed by atoms with van der Waals surface area (Å²) in [5.41, 5.74) is 6.87. The molecule has 1 aliphatic heterocycles. The molecule has 0 bridgehead atoms. The third kappa shape index (κ3) is 1.95. The fourth-order valence-corrected chi connectivity index (χ4v) is 4.53. The van der Waals surface area contributed by atoms with Crippen molar-refractivity contribution < 1.29 is 0 Å². The molecule has 1 saturated carbocycles. The molecule has 3 heterocycles. The van der Waals surface area contributed by atoms with Crippen LogP contribution in [0.5, 0.6) is 0 Å². The Labute approximate surface area is 141 Å². The van der Waals surface area contributed by atoms with E-state index in [2.05, 4.69) is 36.3 Å². The van der Waals surface area contributed by atoms with Gasteiger partial charge in [0.2, 0.25) is 5.95 Å². The highest BCUT2D eigenvalue weighted by atomic mass is 79.9. The number of hydrogen-bond donors (Lipinski definition) is 2. The van der Waals surface area contributed by atoms with Gasteiger partial charge < -0.3 is 11.1 Å². The van der Waals surface area contributed by atoms with E-state index in [1.165, 1.54) is 0 Å². The van der Waals surface area contributed by atoms with Gasteiger partial charge in [0, 0.05) is 23.7 Å². The highest BCUT2D eigenvalue weighted by molar-refractivity contribution is 9.10. The van der Waals surface area contributed by atoms with E-state index in [9.17, 15) is 0 Å². The monoisotopic (exact) mass is 382 g/mol. The Balaban J connectivity index is 1.72. The molecular formula is C14H16BrClN6. The molecule has 2 aliphatic rings. The van der Waals surface area contributed by atoms with Crippen molar-refractivity contribution >= 4 is 39.3 Å². The summed E-state index contributed by atoms with van der Waals surface area (Å²) >= 11 is 10.0. The Bertz CT molecular complexity index is 760. The smallest absolute Gasteiger partial charge is 0.239 e. The maximum absolute atomic E-state index is 6.56. The van der Waals surface area contributed by atoms with Crippen LogP contribution < -0.4 is 11.1 Å². The van der Waals surface area contributed by atoms with Gasteiger partial charge in [0.15, 0.2) is 0 Å². The molecular weight excluding hydrogens is 368 g/mol. The van der Waals surface area contributed by atoms with Crippen molar-refractivity contribution in [2.24, 2.45) is 0 Å². The first kappa shape index (κ1) is 14.3. The lowest BCUT2D eigenvalue weighted by Gasteiger charge is -2.24. The van der Waals surface area contributed by atoms with E-state index in [4.69, 9.17) is 17.3 Å². The number of anilines is 2. The molecule has 22 heavy (non-hydrogen) atoms. The molecule has 1 aliphatic carbocycles. The van der Waals surface area contributed by atoms with E-state index in [1.54, 1.807) is 6.20 Å². The first-order chi connectivity index (χ1) is 10.5. The SMILES string of the molecule is Cc1nc(N)nn1C1CCC2(CNc3ncc(Br)c(Cl)c32)C1. The summed E-state index contributed by atoms with van der Waals surface area (Å²) in [6, 6.07) is 0.299. The number of nitrogens with two attached hydrogens (primary N) is 1. The maximum atomic E-state index is 6.56. The second-order valence-corrected chi connectivity index (χ2v) is 7.37. The number of nitrogens with one attached hydrogen (secondary N) is 1. The summed E-state index contributed by atoms with van der Waals surface area (Å²) < 4.78 is 2.81. The Morgan fingerprint density at radius 3 is 3.09 bits per heavy atom. The number of rotatable bonds is 1. The molecule has 2 aromatic heterocycles. The molecule has 116 valence electrons. The normalized spacial score (nSPS) is 26.4. The number of pyridine rings is 1. The molecule has 0 aromatic carbocycles. The number of hydrogen-bond acceptors (Lipinski definition) is 5. The van der Waals surface area contributed by atoms with Crippen LogP contribution >= 0.6 is 27.5 Å². The highest BCUT2D eigenvalue weighted by Crippen LogP contribution is 2.54. The first-order valence-corrected chi connectivity index (χ1v) is 8.44. The molecule has 2 atom stereocenters. The van der Waals surface area contributed by atoms with Gasteiger partial charge in [0.05, 0.1) is 15.5 Å². The minimum absolute atomic E-state index is 0.0149. The van der Waals surface area contributed by atoms with Crippen molar-refractivity contribution in [3.63, 3.8) is 0 Å². The third-order valence-corrected chi connectivity index (χ3v) is 6.07. The van der Waals surface area contributed by atoms with E-state index < -0.39 is 0 Å². The Kier molecular flexibility index (Phi) is 3.13. The fourth-order valence-electron chi connectivity index (χ4n) is 3.89. The second-order valence-electron chi connectivity index (χ2n) is 6.14. The zero-order chi connectivity index (χ0) is 15.5. The van der Waals surface area contributed by atoms with Gasteiger partial charge in [-0.1, -0.05) is 11.6 Å². The molecule has 1 spiro atoms.